The van der Waals surface area contributed by atoms with Gasteiger partial charge in [0.1, 0.15) is 11.6 Å². The van der Waals surface area contributed by atoms with Crippen LogP contribution in [0.5, 0.6) is 0 Å². The van der Waals surface area contributed by atoms with Crippen LogP contribution < -0.4 is 10.6 Å². The number of benzene rings is 2. The van der Waals surface area contributed by atoms with Gasteiger partial charge < -0.3 is 15.5 Å². The monoisotopic (exact) mass is 451 g/mol. The zero-order valence-electron chi connectivity index (χ0n) is 18.4. The first-order valence-electron chi connectivity index (χ1n) is 11.2. The van der Waals surface area contributed by atoms with E-state index in [1.807, 2.05) is 18.2 Å². The van der Waals surface area contributed by atoms with Crippen LogP contribution in [0.25, 0.3) is 11.3 Å². The highest BCUT2D eigenvalue weighted by molar-refractivity contribution is 5.95. The fraction of sp³-hybridized carbons (Fsp3) is 0.320. The molecular weight excluding hydrogens is 424 g/mol. The zero-order chi connectivity index (χ0) is 23.0. The third-order valence-electron chi connectivity index (χ3n) is 5.61. The molecule has 0 unspecified atom stereocenters. The highest BCUT2D eigenvalue weighted by Gasteiger charge is 2.12. The minimum atomic E-state index is -0.594. The molecule has 2 aromatic carbocycles. The molecule has 2 N–H and O–H groups in total. The number of rotatable bonds is 9. The number of nitrogens with one attached hydrogen (secondary N) is 2. The van der Waals surface area contributed by atoms with E-state index in [0.29, 0.717) is 42.3 Å². The number of amides is 1. The van der Waals surface area contributed by atoms with Crippen molar-refractivity contribution in [3.63, 3.8) is 0 Å². The molecule has 1 aromatic heterocycles. The average Bonchev–Trinajstić information content (AvgIpc) is 3.32. The Labute approximate surface area is 192 Å². The normalized spacial score (nSPS) is 13.8. The summed E-state index contributed by atoms with van der Waals surface area (Å²) in [5.74, 6) is -0.887. The van der Waals surface area contributed by atoms with Gasteiger partial charge >= 0.3 is 0 Å². The Bertz CT molecular complexity index is 1080. The van der Waals surface area contributed by atoms with E-state index in [0.717, 1.165) is 31.3 Å². The minimum absolute atomic E-state index is 0.106. The van der Waals surface area contributed by atoms with Gasteiger partial charge in [0, 0.05) is 43.0 Å². The van der Waals surface area contributed by atoms with Gasteiger partial charge in [-0.2, -0.15) is 0 Å². The van der Waals surface area contributed by atoms with Gasteiger partial charge in [-0.1, -0.05) is 12.1 Å². The van der Waals surface area contributed by atoms with Gasteiger partial charge in [-0.15, -0.1) is 0 Å². The maximum Gasteiger partial charge on any atom is 0.251 e. The molecule has 0 saturated carbocycles. The Morgan fingerprint density at radius 1 is 1.00 bits per heavy atom. The van der Waals surface area contributed by atoms with E-state index >= 15 is 0 Å². The smallest absolute Gasteiger partial charge is 0.251 e. The van der Waals surface area contributed by atoms with Gasteiger partial charge in [0.2, 0.25) is 5.95 Å². The summed E-state index contributed by atoms with van der Waals surface area (Å²) in [6.45, 7) is 4.13. The molecule has 172 valence electrons. The third kappa shape index (κ3) is 6.55. The van der Waals surface area contributed by atoms with E-state index in [1.54, 1.807) is 18.3 Å². The number of nitrogens with zero attached hydrogens (tertiary/aromatic N) is 3. The molecular formula is C25H27F2N5O. The molecule has 33 heavy (non-hydrogen) atoms. The lowest BCUT2D eigenvalue weighted by molar-refractivity contribution is 0.0950. The van der Waals surface area contributed by atoms with Crippen molar-refractivity contribution >= 4 is 11.9 Å². The number of carbonyl (C=O) groups is 1. The van der Waals surface area contributed by atoms with E-state index in [9.17, 15) is 13.6 Å². The molecule has 1 aliphatic rings. The molecule has 4 rings (SSSR count). The highest BCUT2D eigenvalue weighted by atomic mass is 19.1. The van der Waals surface area contributed by atoms with E-state index in [-0.39, 0.29) is 5.91 Å². The van der Waals surface area contributed by atoms with Crippen molar-refractivity contribution < 1.29 is 13.6 Å². The van der Waals surface area contributed by atoms with Gasteiger partial charge in [0.25, 0.3) is 5.91 Å². The number of likely N-dealkylation sites (tertiary alicyclic amines) is 1. The SMILES string of the molecule is O=C(NCCN1CCCC1)c1cccc(-c2ccnc(NCCc3cc(F)cc(F)c3)n2)c1. The maximum absolute atomic E-state index is 13.3. The molecule has 0 spiro atoms. The van der Waals surface area contributed by atoms with Crippen molar-refractivity contribution in [1.82, 2.24) is 20.2 Å². The lowest BCUT2D eigenvalue weighted by Crippen LogP contribution is -2.33. The van der Waals surface area contributed by atoms with Crippen LogP contribution in [0.2, 0.25) is 0 Å². The molecule has 1 fully saturated rings. The molecule has 2 heterocycles. The average molecular weight is 452 g/mol. The maximum atomic E-state index is 13.3. The summed E-state index contributed by atoms with van der Waals surface area (Å²) in [5.41, 5.74) is 2.62. The summed E-state index contributed by atoms with van der Waals surface area (Å²) in [7, 11) is 0. The van der Waals surface area contributed by atoms with Crippen molar-refractivity contribution in [2.45, 2.75) is 19.3 Å². The molecule has 0 radical (unpaired) electrons. The molecule has 8 heteroatoms. The van der Waals surface area contributed by atoms with Crippen LogP contribution in [0.1, 0.15) is 28.8 Å². The van der Waals surface area contributed by atoms with Gasteiger partial charge in [-0.3, -0.25) is 4.79 Å². The van der Waals surface area contributed by atoms with Crippen LogP contribution >= 0.6 is 0 Å². The predicted molar refractivity (Wildman–Crippen MR) is 124 cm³/mol. The number of carbonyl (C=O) groups excluding carboxylic acids is 1. The van der Waals surface area contributed by atoms with Crippen molar-refractivity contribution in [2.24, 2.45) is 0 Å². The lowest BCUT2D eigenvalue weighted by atomic mass is 10.1. The molecule has 3 aromatic rings. The summed E-state index contributed by atoms with van der Waals surface area (Å²) >= 11 is 0. The van der Waals surface area contributed by atoms with Gasteiger partial charge in [0.15, 0.2) is 0 Å². The Kier molecular flexibility index (Phi) is 7.57. The number of aromatic nitrogens is 2. The second-order valence-electron chi connectivity index (χ2n) is 8.11. The molecule has 0 atom stereocenters. The van der Waals surface area contributed by atoms with Crippen molar-refractivity contribution in [2.75, 3.05) is 38.0 Å². The first-order chi connectivity index (χ1) is 16.1. The van der Waals surface area contributed by atoms with Crippen LogP contribution in [0.3, 0.4) is 0 Å². The Morgan fingerprint density at radius 2 is 1.79 bits per heavy atom. The first kappa shape index (κ1) is 22.8. The van der Waals surface area contributed by atoms with Gasteiger partial charge in [0.05, 0.1) is 5.69 Å². The van der Waals surface area contributed by atoms with E-state index < -0.39 is 11.6 Å². The van der Waals surface area contributed by atoms with Crippen LogP contribution in [0.15, 0.2) is 54.7 Å². The summed E-state index contributed by atoms with van der Waals surface area (Å²) < 4.78 is 26.7. The molecule has 0 bridgehead atoms. The van der Waals surface area contributed by atoms with Gasteiger partial charge in [-0.05, 0) is 68.2 Å². The largest absolute Gasteiger partial charge is 0.354 e. The van der Waals surface area contributed by atoms with Crippen molar-refractivity contribution in [3.05, 3.63) is 77.5 Å². The quantitative estimate of drug-likeness (QED) is 0.516. The van der Waals surface area contributed by atoms with Crippen LogP contribution in [0, 0.1) is 11.6 Å². The fourth-order valence-electron chi connectivity index (χ4n) is 3.93. The number of hydrogen-bond donors (Lipinski definition) is 2. The fourth-order valence-corrected chi connectivity index (χ4v) is 3.93. The van der Waals surface area contributed by atoms with E-state index in [1.165, 1.54) is 25.0 Å². The highest BCUT2D eigenvalue weighted by Crippen LogP contribution is 2.19. The molecule has 1 saturated heterocycles. The second-order valence-corrected chi connectivity index (χ2v) is 8.11. The van der Waals surface area contributed by atoms with E-state index in [4.69, 9.17) is 0 Å². The first-order valence-corrected chi connectivity index (χ1v) is 11.2. The standard InChI is InChI=1S/C25H27F2N5O/c26-21-14-18(15-22(27)17-21)6-8-29-25-30-9-7-23(31-25)19-4-3-5-20(16-19)24(33)28-10-13-32-11-1-2-12-32/h3-5,7,9,14-17H,1-2,6,8,10-13H2,(H,28,33)(H,29,30,31). The molecule has 6 nitrogen and oxygen atoms in total. The molecule has 1 amide bonds. The summed E-state index contributed by atoms with van der Waals surface area (Å²) in [6, 6.07) is 12.6. The summed E-state index contributed by atoms with van der Waals surface area (Å²) in [5, 5.41) is 6.07. The number of anilines is 1. The lowest BCUT2D eigenvalue weighted by Gasteiger charge is -2.14. The van der Waals surface area contributed by atoms with Crippen LogP contribution in [0.4, 0.5) is 14.7 Å². The van der Waals surface area contributed by atoms with Crippen LogP contribution in [-0.4, -0.2) is 53.5 Å². The summed E-state index contributed by atoms with van der Waals surface area (Å²) in [4.78, 5) is 23.7. The third-order valence-corrected chi connectivity index (χ3v) is 5.61. The minimum Gasteiger partial charge on any atom is -0.354 e. The number of hydrogen-bond acceptors (Lipinski definition) is 5. The van der Waals surface area contributed by atoms with Crippen molar-refractivity contribution in [3.8, 4) is 11.3 Å². The predicted octanol–water partition coefficient (Wildman–Crippen LogP) is 3.90. The second kappa shape index (κ2) is 11.0. The van der Waals surface area contributed by atoms with Crippen molar-refractivity contribution in [1.29, 1.82) is 0 Å². The zero-order valence-corrected chi connectivity index (χ0v) is 18.4. The summed E-state index contributed by atoms with van der Waals surface area (Å²) in [6.07, 6.45) is 4.52. The molecule has 0 aliphatic carbocycles. The van der Waals surface area contributed by atoms with Gasteiger partial charge in [-0.25, -0.2) is 18.7 Å². The van der Waals surface area contributed by atoms with E-state index in [2.05, 4.69) is 25.5 Å². The topological polar surface area (TPSA) is 70.2 Å². The van der Waals surface area contributed by atoms with Crippen LogP contribution in [-0.2, 0) is 6.42 Å². The molecule has 1 aliphatic heterocycles. The Balaban J connectivity index is 1.34. The number of halogens is 2. The Morgan fingerprint density at radius 3 is 2.58 bits per heavy atom. The Hall–Kier alpha value is -3.39.